The van der Waals surface area contributed by atoms with Gasteiger partial charge in [-0.3, -0.25) is 9.59 Å². The van der Waals surface area contributed by atoms with Crippen molar-refractivity contribution in [3.05, 3.63) is 0 Å². The van der Waals surface area contributed by atoms with E-state index < -0.39 is 0 Å². The van der Waals surface area contributed by atoms with Crippen molar-refractivity contribution in [3.63, 3.8) is 0 Å². The number of carbonyl (C=O) groups is 2. The molecule has 0 unspecified atom stereocenters. The average Bonchev–Trinajstić information content (AvgIpc) is 1.84. The molecule has 0 radical (unpaired) electrons. The van der Waals surface area contributed by atoms with E-state index in [0.29, 0.717) is 0 Å². The number of amides is 2. The zero-order chi connectivity index (χ0) is 9.56. The van der Waals surface area contributed by atoms with Crippen LogP contribution in [-0.2, 0) is 9.59 Å². The predicted molar refractivity (Wildman–Crippen MR) is 46.0 cm³/mol. The molecule has 0 bridgehead atoms. The molecule has 0 aromatic carbocycles. The molecule has 4 nitrogen and oxygen atoms in total. The van der Waals surface area contributed by atoms with Crippen LogP contribution < -0.4 is 11.5 Å². The molecule has 0 fully saturated rings. The van der Waals surface area contributed by atoms with Crippen molar-refractivity contribution in [1.29, 1.82) is 0 Å². The van der Waals surface area contributed by atoms with Crippen molar-refractivity contribution in [2.45, 2.75) is 32.6 Å². The van der Waals surface area contributed by atoms with Gasteiger partial charge in [-0.05, 0) is 12.3 Å². The van der Waals surface area contributed by atoms with Gasteiger partial charge in [0.15, 0.2) is 0 Å². The van der Waals surface area contributed by atoms with E-state index in [4.69, 9.17) is 11.5 Å². The summed E-state index contributed by atoms with van der Waals surface area (Å²) in [7, 11) is 0. The van der Waals surface area contributed by atoms with Gasteiger partial charge >= 0.3 is 0 Å². The molecule has 0 heterocycles. The molecule has 0 aromatic rings. The zero-order valence-electron chi connectivity index (χ0n) is 7.38. The maximum Gasteiger partial charge on any atom is 0.217 e. The Labute approximate surface area is 72.3 Å². The standard InChI is InChI=1S/C8H16N2O2/c1-2-3-6(4-7(9)11)5-8(10)12/h6H,2-5H2,1H3,(H2,9,11)(H2,10,12). The van der Waals surface area contributed by atoms with Gasteiger partial charge in [-0.15, -0.1) is 0 Å². The number of nitrogens with two attached hydrogens (primary N) is 2. The third kappa shape index (κ3) is 5.70. The minimum Gasteiger partial charge on any atom is -0.370 e. The maximum absolute atomic E-state index is 10.5. The molecule has 0 spiro atoms. The maximum atomic E-state index is 10.5. The quantitative estimate of drug-likeness (QED) is 0.597. The molecule has 0 saturated carbocycles. The van der Waals surface area contributed by atoms with Crippen molar-refractivity contribution in [2.75, 3.05) is 0 Å². The molecule has 12 heavy (non-hydrogen) atoms. The summed E-state index contributed by atoms with van der Waals surface area (Å²) in [5, 5.41) is 0. The smallest absolute Gasteiger partial charge is 0.217 e. The molecule has 2 amide bonds. The van der Waals surface area contributed by atoms with Gasteiger partial charge in [-0.1, -0.05) is 13.3 Å². The predicted octanol–water partition coefficient (Wildman–Crippen LogP) is 0.153. The highest BCUT2D eigenvalue weighted by Crippen LogP contribution is 2.14. The first-order chi connectivity index (χ1) is 5.56. The number of rotatable bonds is 6. The molecular weight excluding hydrogens is 156 g/mol. The van der Waals surface area contributed by atoms with E-state index in [9.17, 15) is 9.59 Å². The van der Waals surface area contributed by atoms with Gasteiger partial charge in [-0.25, -0.2) is 0 Å². The van der Waals surface area contributed by atoms with Gasteiger partial charge in [0.25, 0.3) is 0 Å². The number of primary amides is 2. The van der Waals surface area contributed by atoms with Crippen molar-refractivity contribution in [3.8, 4) is 0 Å². The Balaban J connectivity index is 3.85. The van der Waals surface area contributed by atoms with Gasteiger partial charge in [0, 0.05) is 12.8 Å². The molecule has 0 rings (SSSR count). The lowest BCUT2D eigenvalue weighted by molar-refractivity contribution is -0.120. The molecule has 0 aliphatic heterocycles. The van der Waals surface area contributed by atoms with Crippen LogP contribution in [0.2, 0.25) is 0 Å². The van der Waals surface area contributed by atoms with Crippen LogP contribution in [0.4, 0.5) is 0 Å². The number of hydrogen-bond donors (Lipinski definition) is 2. The van der Waals surface area contributed by atoms with Gasteiger partial charge in [0.1, 0.15) is 0 Å². The lowest BCUT2D eigenvalue weighted by Crippen LogP contribution is -2.21. The van der Waals surface area contributed by atoms with Crippen LogP contribution in [0.25, 0.3) is 0 Å². The molecule has 4 heteroatoms. The molecular formula is C8H16N2O2. The highest BCUT2D eigenvalue weighted by molar-refractivity contribution is 5.77. The summed E-state index contributed by atoms with van der Waals surface area (Å²) >= 11 is 0. The fraction of sp³-hybridized carbons (Fsp3) is 0.750. The highest BCUT2D eigenvalue weighted by Gasteiger charge is 2.13. The summed E-state index contributed by atoms with van der Waals surface area (Å²) in [5.41, 5.74) is 10.0. The first-order valence-electron chi connectivity index (χ1n) is 4.12. The van der Waals surface area contributed by atoms with E-state index in [-0.39, 0.29) is 30.6 Å². The van der Waals surface area contributed by atoms with Gasteiger partial charge in [0.2, 0.25) is 11.8 Å². The van der Waals surface area contributed by atoms with Crippen LogP contribution in [-0.4, -0.2) is 11.8 Å². The van der Waals surface area contributed by atoms with E-state index >= 15 is 0 Å². The lowest BCUT2D eigenvalue weighted by atomic mass is 9.96. The van der Waals surface area contributed by atoms with E-state index in [2.05, 4.69) is 0 Å². The van der Waals surface area contributed by atoms with Gasteiger partial charge in [0.05, 0.1) is 0 Å². The number of carbonyl (C=O) groups excluding carboxylic acids is 2. The number of hydrogen-bond acceptors (Lipinski definition) is 2. The minimum atomic E-state index is -0.366. The normalized spacial score (nSPS) is 10.2. The Bertz CT molecular complexity index is 152. The topological polar surface area (TPSA) is 86.2 Å². The second-order valence-electron chi connectivity index (χ2n) is 3.00. The van der Waals surface area contributed by atoms with Crippen molar-refractivity contribution in [2.24, 2.45) is 17.4 Å². The summed E-state index contributed by atoms with van der Waals surface area (Å²) < 4.78 is 0. The molecule has 0 aliphatic carbocycles. The molecule has 0 aromatic heterocycles. The summed E-state index contributed by atoms with van der Waals surface area (Å²) in [6.07, 6.45) is 2.28. The summed E-state index contributed by atoms with van der Waals surface area (Å²) in [6, 6.07) is 0. The largest absolute Gasteiger partial charge is 0.370 e. The van der Waals surface area contributed by atoms with Crippen LogP contribution in [0, 0.1) is 5.92 Å². The molecule has 4 N–H and O–H groups in total. The van der Waals surface area contributed by atoms with Crippen molar-refractivity contribution >= 4 is 11.8 Å². The minimum absolute atomic E-state index is 0.0324. The average molecular weight is 172 g/mol. The van der Waals surface area contributed by atoms with Crippen LogP contribution in [0.3, 0.4) is 0 Å². The van der Waals surface area contributed by atoms with E-state index in [1.807, 2.05) is 6.92 Å². The summed E-state index contributed by atoms with van der Waals surface area (Å²) in [5.74, 6) is -0.700. The van der Waals surface area contributed by atoms with E-state index in [1.54, 1.807) is 0 Å². The molecule has 0 saturated heterocycles. The molecule has 0 atom stereocenters. The Hall–Kier alpha value is -1.06. The Morgan fingerprint density at radius 2 is 1.58 bits per heavy atom. The van der Waals surface area contributed by atoms with Crippen LogP contribution in [0.5, 0.6) is 0 Å². The third-order valence-electron chi connectivity index (χ3n) is 1.68. The molecule has 70 valence electrons. The second kappa shape index (κ2) is 5.57. The van der Waals surface area contributed by atoms with Gasteiger partial charge in [-0.2, -0.15) is 0 Å². The highest BCUT2D eigenvalue weighted by atomic mass is 16.1. The SMILES string of the molecule is CCCC(CC(N)=O)CC(N)=O. The van der Waals surface area contributed by atoms with E-state index in [1.165, 1.54) is 0 Å². The van der Waals surface area contributed by atoms with Crippen LogP contribution in [0.1, 0.15) is 32.6 Å². The van der Waals surface area contributed by atoms with E-state index in [0.717, 1.165) is 12.8 Å². The summed E-state index contributed by atoms with van der Waals surface area (Å²) in [4.78, 5) is 21.1. The van der Waals surface area contributed by atoms with Crippen molar-refractivity contribution in [1.82, 2.24) is 0 Å². The Morgan fingerprint density at radius 3 is 1.83 bits per heavy atom. The zero-order valence-corrected chi connectivity index (χ0v) is 7.38. The molecule has 0 aliphatic rings. The van der Waals surface area contributed by atoms with Gasteiger partial charge < -0.3 is 11.5 Å². The summed E-state index contributed by atoms with van der Waals surface area (Å²) in [6.45, 7) is 2.00. The fourth-order valence-electron chi connectivity index (χ4n) is 1.25. The lowest BCUT2D eigenvalue weighted by Gasteiger charge is -2.10. The first-order valence-corrected chi connectivity index (χ1v) is 4.12. The van der Waals surface area contributed by atoms with Crippen LogP contribution >= 0.6 is 0 Å². The second-order valence-corrected chi connectivity index (χ2v) is 3.00. The first kappa shape index (κ1) is 10.9. The Morgan fingerprint density at radius 1 is 1.17 bits per heavy atom. The fourth-order valence-corrected chi connectivity index (χ4v) is 1.25. The third-order valence-corrected chi connectivity index (χ3v) is 1.68. The van der Waals surface area contributed by atoms with Crippen LogP contribution in [0.15, 0.2) is 0 Å². The Kier molecular flexibility index (Phi) is 5.08. The monoisotopic (exact) mass is 172 g/mol. The van der Waals surface area contributed by atoms with Crippen molar-refractivity contribution < 1.29 is 9.59 Å².